The molecule has 0 N–H and O–H groups in total. The lowest BCUT2D eigenvalue weighted by Gasteiger charge is -2.06. The number of aromatic nitrogens is 2. The van der Waals surface area contributed by atoms with E-state index in [1.165, 1.54) is 5.56 Å². The van der Waals surface area contributed by atoms with Crippen LogP contribution in [0.4, 0.5) is 0 Å². The molecule has 0 atom stereocenters. The second kappa shape index (κ2) is 7.66. The molecular weight excluding hydrogens is 384 g/mol. The monoisotopic (exact) mass is 398 g/mol. The summed E-state index contributed by atoms with van der Waals surface area (Å²) < 4.78 is 5.22. The molecule has 0 unspecified atom stereocenters. The Labute approximate surface area is 165 Å². The summed E-state index contributed by atoms with van der Waals surface area (Å²) in [6.07, 6.45) is 1.64. The fourth-order valence-corrected chi connectivity index (χ4v) is 4.75. The Hall–Kier alpha value is -2.08. The third-order valence-electron chi connectivity index (χ3n) is 4.03. The molecule has 26 heavy (non-hydrogen) atoms. The van der Waals surface area contributed by atoms with Crippen molar-refractivity contribution in [3.05, 3.63) is 70.8 Å². The molecule has 4 rings (SSSR count). The zero-order valence-corrected chi connectivity index (χ0v) is 16.4. The van der Waals surface area contributed by atoms with Gasteiger partial charge in [0.15, 0.2) is 0 Å². The van der Waals surface area contributed by atoms with Crippen molar-refractivity contribution < 1.29 is 4.74 Å². The topological polar surface area (TPSA) is 35.0 Å². The summed E-state index contributed by atoms with van der Waals surface area (Å²) in [5, 5.41) is 4.98. The Kier molecular flexibility index (Phi) is 5.11. The number of methoxy groups -OCH3 is 1. The van der Waals surface area contributed by atoms with Crippen LogP contribution >= 0.6 is 34.7 Å². The molecule has 2 aromatic heterocycles. The van der Waals surface area contributed by atoms with Gasteiger partial charge in [0.05, 0.1) is 12.5 Å². The van der Waals surface area contributed by atoms with Crippen LogP contribution in [0.5, 0.6) is 5.75 Å². The fraction of sp³-hybridized carbons (Fsp3) is 0.100. The van der Waals surface area contributed by atoms with Crippen LogP contribution in [0.25, 0.3) is 21.3 Å². The zero-order chi connectivity index (χ0) is 17.9. The number of rotatable bonds is 5. The quantitative estimate of drug-likeness (QED) is 0.291. The minimum absolute atomic E-state index is 0.735. The lowest BCUT2D eigenvalue weighted by atomic mass is 10.1. The highest BCUT2D eigenvalue weighted by molar-refractivity contribution is 7.98. The highest BCUT2D eigenvalue weighted by atomic mass is 35.5. The fourth-order valence-electron chi connectivity index (χ4n) is 2.67. The molecule has 0 aliphatic heterocycles. The van der Waals surface area contributed by atoms with Crippen molar-refractivity contribution in [1.82, 2.24) is 9.97 Å². The smallest absolute Gasteiger partial charge is 0.128 e. The van der Waals surface area contributed by atoms with Gasteiger partial charge in [-0.25, -0.2) is 9.97 Å². The van der Waals surface area contributed by atoms with Gasteiger partial charge < -0.3 is 4.74 Å². The van der Waals surface area contributed by atoms with Crippen LogP contribution < -0.4 is 4.74 Å². The standard InChI is InChI=1S/C20H15ClN2OS2/c1-24-16-8-2-13(3-9-16)10-25-19-18-17(11-26-20(18)23-12-22-19)14-4-6-15(21)7-5-14/h2-9,11-12H,10H2,1H3. The van der Waals surface area contributed by atoms with Gasteiger partial charge >= 0.3 is 0 Å². The van der Waals surface area contributed by atoms with Crippen molar-refractivity contribution in [2.75, 3.05) is 7.11 Å². The molecule has 0 fully saturated rings. The van der Waals surface area contributed by atoms with Gasteiger partial charge in [0, 0.05) is 21.7 Å². The molecule has 0 saturated carbocycles. The Balaban J connectivity index is 1.66. The van der Waals surface area contributed by atoms with E-state index in [2.05, 4.69) is 27.5 Å². The number of thiophene rings is 1. The first kappa shape index (κ1) is 17.3. The molecular formula is C20H15ClN2OS2. The van der Waals surface area contributed by atoms with Crippen molar-refractivity contribution in [3.63, 3.8) is 0 Å². The van der Waals surface area contributed by atoms with Crippen molar-refractivity contribution in [3.8, 4) is 16.9 Å². The van der Waals surface area contributed by atoms with E-state index in [1.807, 2.05) is 36.4 Å². The average molecular weight is 399 g/mol. The van der Waals surface area contributed by atoms with Crippen molar-refractivity contribution >= 4 is 44.9 Å². The number of fused-ring (bicyclic) bond motifs is 1. The van der Waals surface area contributed by atoms with Crippen LogP contribution in [0.1, 0.15) is 5.56 Å². The molecule has 0 amide bonds. The Morgan fingerprint density at radius 1 is 1.04 bits per heavy atom. The van der Waals surface area contributed by atoms with Crippen LogP contribution in [0.15, 0.2) is 65.3 Å². The molecule has 4 aromatic rings. The van der Waals surface area contributed by atoms with Gasteiger partial charge in [0.2, 0.25) is 0 Å². The molecule has 0 aliphatic carbocycles. The van der Waals surface area contributed by atoms with E-state index < -0.39 is 0 Å². The van der Waals surface area contributed by atoms with Crippen molar-refractivity contribution in [2.45, 2.75) is 10.8 Å². The largest absolute Gasteiger partial charge is 0.497 e. The van der Waals surface area contributed by atoms with E-state index in [1.54, 1.807) is 36.5 Å². The maximum atomic E-state index is 6.03. The number of nitrogens with zero attached hydrogens (tertiary/aromatic N) is 2. The summed E-state index contributed by atoms with van der Waals surface area (Å²) in [5.41, 5.74) is 3.51. The van der Waals surface area contributed by atoms with Crippen LogP contribution in [0.3, 0.4) is 0 Å². The van der Waals surface area contributed by atoms with Crippen LogP contribution in [0, 0.1) is 0 Å². The van der Waals surface area contributed by atoms with E-state index in [0.29, 0.717) is 0 Å². The molecule has 0 aliphatic rings. The molecule has 2 heterocycles. The highest BCUT2D eigenvalue weighted by Gasteiger charge is 2.13. The summed E-state index contributed by atoms with van der Waals surface area (Å²) in [7, 11) is 1.68. The summed E-state index contributed by atoms with van der Waals surface area (Å²) in [6.45, 7) is 0. The van der Waals surface area contributed by atoms with E-state index in [0.717, 1.165) is 42.9 Å². The Morgan fingerprint density at radius 2 is 1.81 bits per heavy atom. The maximum Gasteiger partial charge on any atom is 0.128 e. The number of ether oxygens (including phenoxy) is 1. The lowest BCUT2D eigenvalue weighted by Crippen LogP contribution is -1.88. The highest BCUT2D eigenvalue weighted by Crippen LogP contribution is 2.38. The summed E-state index contributed by atoms with van der Waals surface area (Å²) >= 11 is 9.39. The number of thioether (sulfide) groups is 1. The second-order valence-corrected chi connectivity index (χ2v) is 7.91. The summed E-state index contributed by atoms with van der Waals surface area (Å²) in [6, 6.07) is 16.0. The molecule has 130 valence electrons. The molecule has 0 spiro atoms. The molecule has 2 aromatic carbocycles. The first-order chi connectivity index (χ1) is 12.7. The van der Waals surface area contributed by atoms with Gasteiger partial charge in [0.1, 0.15) is 21.9 Å². The van der Waals surface area contributed by atoms with Crippen molar-refractivity contribution in [1.29, 1.82) is 0 Å². The summed E-state index contributed by atoms with van der Waals surface area (Å²) in [4.78, 5) is 9.98. The average Bonchev–Trinajstić information content (AvgIpc) is 3.12. The zero-order valence-electron chi connectivity index (χ0n) is 14.0. The van der Waals surface area contributed by atoms with E-state index in [-0.39, 0.29) is 0 Å². The van der Waals surface area contributed by atoms with Gasteiger partial charge in [-0.1, -0.05) is 35.9 Å². The third kappa shape index (κ3) is 3.56. The molecule has 0 bridgehead atoms. The van der Waals surface area contributed by atoms with Crippen LogP contribution in [-0.4, -0.2) is 17.1 Å². The minimum Gasteiger partial charge on any atom is -0.497 e. The van der Waals surface area contributed by atoms with Gasteiger partial charge in [-0.3, -0.25) is 0 Å². The van der Waals surface area contributed by atoms with Crippen molar-refractivity contribution in [2.24, 2.45) is 0 Å². The number of halogens is 1. The van der Waals surface area contributed by atoms with E-state index >= 15 is 0 Å². The third-order valence-corrected chi connectivity index (χ3v) is 6.22. The number of benzene rings is 2. The molecule has 3 nitrogen and oxygen atoms in total. The second-order valence-electron chi connectivity index (χ2n) is 5.65. The van der Waals surface area contributed by atoms with Gasteiger partial charge in [-0.15, -0.1) is 23.1 Å². The normalized spacial score (nSPS) is 11.0. The SMILES string of the molecule is COc1ccc(CSc2ncnc3scc(-c4ccc(Cl)cc4)c23)cc1. The first-order valence-electron chi connectivity index (χ1n) is 7.98. The van der Waals surface area contributed by atoms with Gasteiger partial charge in [-0.2, -0.15) is 0 Å². The Morgan fingerprint density at radius 3 is 2.54 bits per heavy atom. The predicted molar refractivity (Wildman–Crippen MR) is 110 cm³/mol. The molecule has 0 saturated heterocycles. The maximum absolute atomic E-state index is 6.03. The van der Waals surface area contributed by atoms with Gasteiger partial charge in [-0.05, 0) is 35.4 Å². The number of hydrogen-bond acceptors (Lipinski definition) is 5. The van der Waals surface area contributed by atoms with Gasteiger partial charge in [0.25, 0.3) is 0 Å². The first-order valence-corrected chi connectivity index (χ1v) is 10.2. The molecule has 0 radical (unpaired) electrons. The molecule has 6 heteroatoms. The van der Waals surface area contributed by atoms with Crippen LogP contribution in [0.2, 0.25) is 5.02 Å². The van der Waals surface area contributed by atoms with E-state index in [9.17, 15) is 0 Å². The lowest BCUT2D eigenvalue weighted by molar-refractivity contribution is 0.414. The summed E-state index contributed by atoms with van der Waals surface area (Å²) in [5.74, 6) is 1.71. The van der Waals surface area contributed by atoms with E-state index in [4.69, 9.17) is 16.3 Å². The predicted octanol–water partition coefficient (Wildman–Crippen LogP) is 6.31. The minimum atomic E-state index is 0.735. The Bertz CT molecular complexity index is 1030. The number of hydrogen-bond donors (Lipinski definition) is 0. The van der Waals surface area contributed by atoms with Crippen LogP contribution in [-0.2, 0) is 5.75 Å².